The van der Waals surface area contributed by atoms with Crippen molar-refractivity contribution in [3.8, 4) is 5.75 Å². The first-order valence-electron chi connectivity index (χ1n) is 4.52. The van der Waals surface area contributed by atoms with Crippen molar-refractivity contribution in [2.75, 3.05) is 0 Å². The summed E-state index contributed by atoms with van der Waals surface area (Å²) in [6.45, 7) is 1.08. The van der Waals surface area contributed by atoms with Crippen LogP contribution in [0.3, 0.4) is 0 Å². The van der Waals surface area contributed by atoms with Crippen LogP contribution < -0.4 is 4.74 Å². The van der Waals surface area contributed by atoms with Crippen LogP contribution in [0.25, 0.3) is 11.0 Å². The van der Waals surface area contributed by atoms with E-state index >= 15 is 0 Å². The van der Waals surface area contributed by atoms with E-state index < -0.39 is 11.9 Å². The summed E-state index contributed by atoms with van der Waals surface area (Å²) in [5.41, 5.74) is 0.659. The summed E-state index contributed by atoms with van der Waals surface area (Å²) in [5, 5.41) is 8.33. The lowest BCUT2D eigenvalue weighted by atomic mass is 10.2. The van der Waals surface area contributed by atoms with Gasteiger partial charge < -0.3 is 14.3 Å². The molecule has 3 rings (SSSR count). The molecule has 1 aromatic heterocycles. The Kier molecular flexibility index (Phi) is 2.36. The van der Waals surface area contributed by atoms with Crippen LogP contribution in [0.15, 0.2) is 28.7 Å². The number of carbonyl (C=O) groups excluding carboxylic acids is 1. The first-order valence-corrected chi connectivity index (χ1v) is 4.52. The zero-order valence-electron chi connectivity index (χ0n) is 8.39. The number of furan rings is 1. The van der Waals surface area contributed by atoms with Crippen molar-refractivity contribution in [2.24, 2.45) is 0 Å². The lowest BCUT2D eigenvalue weighted by Gasteiger charge is -2.04. The molecule has 1 aromatic carbocycles. The molecule has 2 bridgehead atoms. The summed E-state index contributed by atoms with van der Waals surface area (Å²) >= 11 is 0. The van der Waals surface area contributed by atoms with Gasteiger partial charge in [0.1, 0.15) is 0 Å². The van der Waals surface area contributed by atoms with Gasteiger partial charge in [-0.05, 0) is 12.1 Å². The van der Waals surface area contributed by atoms with Crippen LogP contribution in [0.2, 0.25) is 0 Å². The average Bonchev–Trinajstić information content (AvgIpc) is 2.58. The Bertz CT molecular complexity index is 563. The first kappa shape index (κ1) is 10.2. The van der Waals surface area contributed by atoms with Gasteiger partial charge in [0.25, 0.3) is 5.97 Å². The quantitative estimate of drug-likeness (QED) is 0.543. The van der Waals surface area contributed by atoms with Crippen LogP contribution in [0, 0.1) is 0 Å². The highest BCUT2D eigenvalue weighted by Gasteiger charge is 2.22. The topological polar surface area (TPSA) is 76.7 Å². The van der Waals surface area contributed by atoms with Gasteiger partial charge in [-0.1, -0.05) is 12.1 Å². The first-order chi connectivity index (χ1) is 7.58. The molecule has 0 saturated heterocycles. The third kappa shape index (κ3) is 1.75. The van der Waals surface area contributed by atoms with Crippen LogP contribution in [-0.2, 0) is 4.79 Å². The smallest absolute Gasteiger partial charge is 0.379 e. The van der Waals surface area contributed by atoms with Gasteiger partial charge in [-0.15, -0.1) is 0 Å². The Balaban J connectivity index is 0.000000212. The molecule has 16 heavy (non-hydrogen) atoms. The molecule has 0 aliphatic carbocycles. The van der Waals surface area contributed by atoms with Crippen molar-refractivity contribution >= 4 is 22.9 Å². The summed E-state index contributed by atoms with van der Waals surface area (Å²) in [6.07, 6.45) is 0. The van der Waals surface area contributed by atoms with Gasteiger partial charge in [0.15, 0.2) is 11.3 Å². The van der Waals surface area contributed by atoms with E-state index in [0.717, 1.165) is 12.3 Å². The van der Waals surface area contributed by atoms with Crippen LogP contribution in [0.1, 0.15) is 17.5 Å². The van der Waals surface area contributed by atoms with Gasteiger partial charge in [-0.25, -0.2) is 4.79 Å². The number of esters is 1. The highest BCUT2D eigenvalue weighted by molar-refractivity contribution is 5.99. The van der Waals surface area contributed by atoms with E-state index in [0.29, 0.717) is 11.3 Å². The molecule has 0 amide bonds. The van der Waals surface area contributed by atoms with Crippen molar-refractivity contribution in [2.45, 2.75) is 6.92 Å². The molecule has 0 radical (unpaired) electrons. The van der Waals surface area contributed by atoms with E-state index in [9.17, 15) is 4.79 Å². The Morgan fingerprint density at radius 3 is 2.75 bits per heavy atom. The number of carboxylic acid groups (broad SMARTS) is 1. The zero-order valence-corrected chi connectivity index (χ0v) is 8.39. The number of fused-ring (bicyclic) bond motifs is 1. The van der Waals surface area contributed by atoms with Crippen LogP contribution in [0.4, 0.5) is 0 Å². The van der Waals surface area contributed by atoms with Gasteiger partial charge in [0.05, 0.1) is 0 Å². The summed E-state index contributed by atoms with van der Waals surface area (Å²) in [5.74, 6) is -0.456. The molecule has 0 atom stereocenters. The van der Waals surface area contributed by atoms with Gasteiger partial charge in [-0.2, -0.15) is 0 Å². The van der Waals surface area contributed by atoms with E-state index in [1.807, 2.05) is 12.1 Å². The van der Waals surface area contributed by atoms with E-state index in [-0.39, 0.29) is 5.76 Å². The van der Waals surface area contributed by atoms with E-state index in [2.05, 4.69) is 0 Å². The second-order valence-electron chi connectivity index (χ2n) is 3.19. The summed E-state index contributed by atoms with van der Waals surface area (Å²) < 4.78 is 10.2. The monoisotopic (exact) mass is 220 g/mol. The molecule has 2 heterocycles. The van der Waals surface area contributed by atoms with Crippen LogP contribution in [0.5, 0.6) is 5.75 Å². The van der Waals surface area contributed by atoms with E-state index in [4.69, 9.17) is 19.1 Å². The molecule has 5 heteroatoms. The number of benzene rings is 1. The highest BCUT2D eigenvalue weighted by atomic mass is 16.6. The Morgan fingerprint density at radius 1 is 1.38 bits per heavy atom. The lowest BCUT2D eigenvalue weighted by molar-refractivity contribution is -0.134. The maximum atomic E-state index is 11.1. The Morgan fingerprint density at radius 2 is 2.06 bits per heavy atom. The van der Waals surface area contributed by atoms with Gasteiger partial charge in [0, 0.05) is 12.3 Å². The number of hydrogen-bond donors (Lipinski definition) is 1. The largest absolute Gasteiger partial charge is 0.481 e. The maximum absolute atomic E-state index is 11.1. The predicted molar refractivity (Wildman–Crippen MR) is 54.5 cm³/mol. The number of ether oxygens (including phenoxy) is 1. The summed E-state index contributed by atoms with van der Waals surface area (Å²) in [7, 11) is 0. The molecular weight excluding hydrogens is 212 g/mol. The molecule has 0 saturated carbocycles. The fourth-order valence-electron chi connectivity index (χ4n) is 1.37. The number of carbonyl (C=O) groups is 2. The minimum absolute atomic E-state index is 0.281. The van der Waals surface area contributed by atoms with Crippen molar-refractivity contribution < 1.29 is 23.8 Å². The molecule has 0 unspecified atom stereocenters. The van der Waals surface area contributed by atoms with Crippen molar-refractivity contribution in [3.63, 3.8) is 0 Å². The number of hydrogen-bond acceptors (Lipinski definition) is 4. The van der Waals surface area contributed by atoms with Gasteiger partial charge >= 0.3 is 5.97 Å². The zero-order chi connectivity index (χ0) is 11.7. The summed E-state index contributed by atoms with van der Waals surface area (Å²) in [4.78, 5) is 20.1. The molecule has 2 aromatic rings. The van der Waals surface area contributed by atoms with Crippen LogP contribution >= 0.6 is 0 Å². The number of rotatable bonds is 0. The third-order valence-corrected chi connectivity index (χ3v) is 1.91. The minimum atomic E-state index is -0.833. The fraction of sp³-hybridized carbons (Fsp3) is 0.0909. The Hall–Kier alpha value is -2.30. The second-order valence-corrected chi connectivity index (χ2v) is 3.19. The summed E-state index contributed by atoms with van der Waals surface area (Å²) in [6, 6.07) is 7.12. The molecule has 0 spiro atoms. The fourth-order valence-corrected chi connectivity index (χ4v) is 1.37. The Labute approximate surface area is 90.2 Å². The molecule has 82 valence electrons. The second kappa shape index (κ2) is 3.69. The van der Waals surface area contributed by atoms with Crippen LogP contribution in [-0.4, -0.2) is 17.0 Å². The van der Waals surface area contributed by atoms with Gasteiger partial charge in [0.2, 0.25) is 5.76 Å². The molecule has 0 fully saturated rings. The van der Waals surface area contributed by atoms with Crippen molar-refractivity contribution in [1.29, 1.82) is 0 Å². The van der Waals surface area contributed by atoms with E-state index in [1.54, 1.807) is 12.1 Å². The average molecular weight is 220 g/mol. The normalized spacial score (nSPS) is 11.9. The number of para-hydroxylation sites is 1. The van der Waals surface area contributed by atoms with E-state index in [1.165, 1.54) is 0 Å². The highest BCUT2D eigenvalue weighted by Crippen LogP contribution is 2.33. The minimum Gasteiger partial charge on any atom is -0.481 e. The molecule has 1 N–H and O–H groups in total. The third-order valence-electron chi connectivity index (χ3n) is 1.91. The molecule has 1 aliphatic heterocycles. The molecule has 1 aliphatic rings. The van der Waals surface area contributed by atoms with Crippen molar-refractivity contribution in [1.82, 2.24) is 0 Å². The molecule has 5 nitrogen and oxygen atoms in total. The lowest BCUT2D eigenvalue weighted by Crippen LogP contribution is -2.08. The maximum Gasteiger partial charge on any atom is 0.379 e. The van der Waals surface area contributed by atoms with Gasteiger partial charge in [-0.3, -0.25) is 4.79 Å². The standard InChI is InChI=1S/C9H4O3.C2H4O2/c10-9-7-4-5-2-1-3-6(12-9)8(5)11-7;1-2(3)4/h1-4H;1H3,(H,3,4). The van der Waals surface area contributed by atoms with Crippen molar-refractivity contribution in [3.05, 3.63) is 30.0 Å². The SMILES string of the molecule is CC(=O)O.O=C1Oc2cccc3cc1oc23. The predicted octanol–water partition coefficient (Wildman–Crippen LogP) is 2.06. The number of carboxylic acids is 1. The number of aliphatic carboxylic acids is 1. The molecular formula is C11H8O5.